The molecular weight excluding hydrogens is 492 g/mol. The smallest absolute Gasteiger partial charge is 0.409 e. The molecule has 3 heterocycles. The number of piperidine rings is 1. The van der Waals surface area contributed by atoms with Gasteiger partial charge in [-0.1, -0.05) is 6.92 Å². The van der Waals surface area contributed by atoms with E-state index < -0.39 is 10.0 Å². The van der Waals surface area contributed by atoms with Crippen LogP contribution in [-0.4, -0.2) is 78.4 Å². The molecular formula is C26H36N6O4S. The fourth-order valence-electron chi connectivity index (χ4n) is 5.42. The number of sulfonamides is 1. The van der Waals surface area contributed by atoms with Gasteiger partial charge in [-0.05, 0) is 55.4 Å². The summed E-state index contributed by atoms with van der Waals surface area (Å²) in [5.41, 5.74) is 3.59. The van der Waals surface area contributed by atoms with Crippen LogP contribution in [0.1, 0.15) is 43.0 Å². The Kier molecular flexibility index (Phi) is 8.39. The number of hydrogen-bond acceptors (Lipinski definition) is 7. The number of hydrogen-bond donors (Lipinski definition) is 0. The number of fused-ring (bicyclic) bond motifs is 1. The van der Waals surface area contributed by atoms with E-state index in [1.54, 1.807) is 15.5 Å². The zero-order valence-electron chi connectivity index (χ0n) is 21.8. The van der Waals surface area contributed by atoms with Gasteiger partial charge in [0.25, 0.3) is 0 Å². The third kappa shape index (κ3) is 6.08. The van der Waals surface area contributed by atoms with E-state index in [9.17, 15) is 18.5 Å². The Bertz CT molecular complexity index is 1250. The van der Waals surface area contributed by atoms with Crippen LogP contribution < -0.4 is 4.90 Å². The summed E-state index contributed by atoms with van der Waals surface area (Å²) < 4.78 is 35.7. The van der Waals surface area contributed by atoms with Crippen molar-refractivity contribution in [2.24, 2.45) is 13.0 Å². The molecule has 1 unspecified atom stereocenters. The van der Waals surface area contributed by atoms with Gasteiger partial charge in [-0.15, -0.1) is 0 Å². The van der Waals surface area contributed by atoms with E-state index in [0.29, 0.717) is 51.1 Å². The number of amides is 1. The number of carbonyl (C=O) groups excluding carboxylic acids is 1. The summed E-state index contributed by atoms with van der Waals surface area (Å²) in [5.74, 6) is 0.252. The molecule has 10 nitrogen and oxygen atoms in total. The predicted octanol–water partition coefficient (Wildman–Crippen LogP) is 2.74. The summed E-state index contributed by atoms with van der Waals surface area (Å²) >= 11 is 0. The molecule has 2 aliphatic heterocycles. The van der Waals surface area contributed by atoms with Crippen LogP contribution >= 0.6 is 0 Å². The van der Waals surface area contributed by atoms with Crippen molar-refractivity contribution in [3.63, 3.8) is 0 Å². The summed E-state index contributed by atoms with van der Waals surface area (Å²) in [6, 6.07) is 7.63. The first kappa shape index (κ1) is 26.9. The molecule has 2 aromatic rings. The molecule has 0 N–H and O–H groups in total. The van der Waals surface area contributed by atoms with Crippen molar-refractivity contribution in [1.82, 2.24) is 18.8 Å². The molecule has 1 amide bonds. The first-order valence-electron chi connectivity index (χ1n) is 12.8. The van der Waals surface area contributed by atoms with Crippen molar-refractivity contribution < 1.29 is 17.9 Å². The lowest BCUT2D eigenvalue weighted by atomic mass is 9.93. The SMILES string of the molecule is CCCS(=O)(=O)N(CC1CCN(C(=O)OC)CC1)C1Cc2cc(C#N)ccc2N(Cc2cncn2C)C1. The number of nitriles is 1. The molecule has 1 saturated heterocycles. The van der Waals surface area contributed by atoms with Crippen LogP contribution in [0.15, 0.2) is 30.7 Å². The van der Waals surface area contributed by atoms with Crippen molar-refractivity contribution in [3.05, 3.63) is 47.5 Å². The number of carbonyl (C=O) groups is 1. The second-order valence-corrected chi connectivity index (χ2v) is 12.0. The highest BCUT2D eigenvalue weighted by Crippen LogP contribution is 2.33. The molecule has 1 fully saturated rings. The number of aromatic nitrogens is 2. The minimum absolute atomic E-state index is 0.0946. The van der Waals surface area contributed by atoms with E-state index in [4.69, 9.17) is 4.74 Å². The highest BCUT2D eigenvalue weighted by atomic mass is 32.2. The van der Waals surface area contributed by atoms with Gasteiger partial charge in [-0.2, -0.15) is 9.57 Å². The fourth-order valence-corrected chi connectivity index (χ4v) is 7.20. The van der Waals surface area contributed by atoms with Gasteiger partial charge in [0.1, 0.15) is 0 Å². The number of benzene rings is 1. The van der Waals surface area contributed by atoms with Crippen molar-refractivity contribution in [2.45, 2.75) is 45.2 Å². The zero-order chi connectivity index (χ0) is 26.6. The molecule has 0 aliphatic carbocycles. The van der Waals surface area contributed by atoms with Gasteiger partial charge in [-0.3, -0.25) is 0 Å². The van der Waals surface area contributed by atoms with Crippen LogP contribution in [0.25, 0.3) is 0 Å². The van der Waals surface area contributed by atoms with Crippen LogP contribution in [0.4, 0.5) is 10.5 Å². The number of ether oxygens (including phenoxy) is 1. The Morgan fingerprint density at radius 1 is 1.30 bits per heavy atom. The van der Waals surface area contributed by atoms with Gasteiger partial charge in [0, 0.05) is 51.2 Å². The van der Waals surface area contributed by atoms with Gasteiger partial charge < -0.3 is 19.1 Å². The van der Waals surface area contributed by atoms with Gasteiger partial charge in [0.15, 0.2) is 0 Å². The standard InChI is InChI=1S/C26H36N6O4S/c1-4-11-37(34,35)32(16-20-7-9-30(10-8-20)26(33)36-3)23-13-22-12-21(14-27)5-6-25(22)31(17-23)18-24-15-28-19-29(24)2/h5-6,12,15,19-20,23H,4,7-11,13,16-18H2,1-3H3. The van der Waals surface area contributed by atoms with Crippen LogP contribution in [0.5, 0.6) is 0 Å². The molecule has 4 rings (SSSR count). The Morgan fingerprint density at radius 3 is 2.68 bits per heavy atom. The topological polar surface area (TPSA) is 112 Å². The third-order valence-corrected chi connectivity index (χ3v) is 9.50. The Labute approximate surface area is 219 Å². The highest BCUT2D eigenvalue weighted by Gasteiger charge is 2.37. The van der Waals surface area contributed by atoms with Crippen LogP contribution in [-0.2, 0) is 34.8 Å². The van der Waals surface area contributed by atoms with Crippen molar-refractivity contribution >= 4 is 21.8 Å². The number of anilines is 1. The number of imidazole rings is 1. The predicted molar refractivity (Wildman–Crippen MR) is 140 cm³/mol. The van der Waals surface area contributed by atoms with E-state index in [-0.39, 0.29) is 23.8 Å². The van der Waals surface area contributed by atoms with Crippen molar-refractivity contribution in [2.75, 3.05) is 43.9 Å². The maximum Gasteiger partial charge on any atom is 0.409 e. The van der Waals surface area contributed by atoms with Crippen molar-refractivity contribution in [1.29, 1.82) is 5.26 Å². The average Bonchev–Trinajstić information content (AvgIpc) is 3.30. The lowest BCUT2D eigenvalue weighted by Crippen LogP contribution is -2.53. The highest BCUT2D eigenvalue weighted by molar-refractivity contribution is 7.89. The average molecular weight is 529 g/mol. The molecule has 0 radical (unpaired) electrons. The second-order valence-electron chi connectivity index (χ2n) is 9.98. The summed E-state index contributed by atoms with van der Waals surface area (Å²) in [4.78, 5) is 20.0. The maximum absolute atomic E-state index is 13.6. The Hall–Kier alpha value is -3.10. The molecule has 200 valence electrons. The number of nitrogens with zero attached hydrogens (tertiary/aromatic N) is 6. The fraction of sp³-hybridized carbons (Fsp3) is 0.577. The quantitative estimate of drug-likeness (QED) is 0.518. The van der Waals surface area contributed by atoms with Crippen LogP contribution in [0.3, 0.4) is 0 Å². The van der Waals surface area contributed by atoms with Gasteiger partial charge in [-0.25, -0.2) is 18.2 Å². The zero-order valence-corrected chi connectivity index (χ0v) is 22.7. The minimum Gasteiger partial charge on any atom is -0.453 e. The first-order chi connectivity index (χ1) is 17.7. The van der Waals surface area contributed by atoms with Gasteiger partial charge in [0.2, 0.25) is 10.0 Å². The number of rotatable bonds is 8. The molecule has 2 aliphatic rings. The van der Waals surface area contributed by atoms with E-state index in [0.717, 1.165) is 29.8 Å². The van der Waals surface area contributed by atoms with E-state index in [1.807, 2.05) is 42.9 Å². The summed E-state index contributed by atoms with van der Waals surface area (Å²) in [7, 11) is -0.174. The summed E-state index contributed by atoms with van der Waals surface area (Å²) in [5, 5.41) is 9.50. The van der Waals surface area contributed by atoms with E-state index >= 15 is 0 Å². The molecule has 11 heteroatoms. The number of aryl methyl sites for hydroxylation is 1. The first-order valence-corrected chi connectivity index (χ1v) is 14.4. The van der Waals surface area contributed by atoms with Gasteiger partial charge in [0.05, 0.1) is 43.1 Å². The third-order valence-electron chi connectivity index (χ3n) is 7.42. The Morgan fingerprint density at radius 2 is 2.05 bits per heavy atom. The lowest BCUT2D eigenvalue weighted by molar-refractivity contribution is 0.101. The molecule has 1 aromatic carbocycles. The van der Waals surface area contributed by atoms with E-state index in [2.05, 4.69) is 16.0 Å². The molecule has 0 saturated carbocycles. The van der Waals surface area contributed by atoms with Crippen LogP contribution in [0, 0.1) is 17.2 Å². The number of likely N-dealkylation sites (tertiary alicyclic amines) is 1. The van der Waals surface area contributed by atoms with E-state index in [1.165, 1.54) is 7.11 Å². The molecule has 37 heavy (non-hydrogen) atoms. The Balaban J connectivity index is 1.62. The normalized spacial score (nSPS) is 18.5. The maximum atomic E-state index is 13.6. The molecule has 0 spiro atoms. The second kappa shape index (κ2) is 11.5. The van der Waals surface area contributed by atoms with Gasteiger partial charge >= 0.3 is 6.09 Å². The summed E-state index contributed by atoms with van der Waals surface area (Å²) in [6.07, 6.45) is 5.80. The molecule has 1 aromatic heterocycles. The largest absolute Gasteiger partial charge is 0.453 e. The summed E-state index contributed by atoms with van der Waals surface area (Å²) in [6.45, 7) is 4.57. The van der Waals surface area contributed by atoms with Crippen molar-refractivity contribution in [3.8, 4) is 6.07 Å². The molecule has 1 atom stereocenters. The molecule has 0 bridgehead atoms. The van der Waals surface area contributed by atoms with Crippen LogP contribution in [0.2, 0.25) is 0 Å². The minimum atomic E-state index is -3.50. The number of methoxy groups -OCH3 is 1. The lowest BCUT2D eigenvalue weighted by Gasteiger charge is -2.42. The monoisotopic (exact) mass is 528 g/mol.